The van der Waals surface area contributed by atoms with Crippen LogP contribution in [0.25, 0.3) is 0 Å². The Balaban J connectivity index is 1.49. The summed E-state index contributed by atoms with van der Waals surface area (Å²) in [6.07, 6.45) is 11.0. The van der Waals surface area contributed by atoms with Gasteiger partial charge in [0.2, 0.25) is 0 Å². The van der Waals surface area contributed by atoms with E-state index >= 15 is 0 Å². The van der Waals surface area contributed by atoms with E-state index in [0.29, 0.717) is 6.04 Å². The van der Waals surface area contributed by atoms with Crippen LogP contribution in [0.5, 0.6) is 0 Å². The summed E-state index contributed by atoms with van der Waals surface area (Å²) >= 11 is 1.52. The van der Waals surface area contributed by atoms with Gasteiger partial charge in [0.1, 0.15) is 16.0 Å². The number of carbonyl (C=O) groups is 1. The second kappa shape index (κ2) is 7.50. The molecule has 1 amide bonds. The van der Waals surface area contributed by atoms with Gasteiger partial charge in [0.15, 0.2) is 0 Å². The van der Waals surface area contributed by atoms with Crippen LogP contribution < -0.4 is 0 Å². The van der Waals surface area contributed by atoms with Crippen molar-refractivity contribution < 1.29 is 14.3 Å². The molecule has 0 bridgehead atoms. The first kappa shape index (κ1) is 16.5. The van der Waals surface area contributed by atoms with Crippen molar-refractivity contribution in [3.05, 3.63) is 16.1 Å². The van der Waals surface area contributed by atoms with Gasteiger partial charge in [-0.1, -0.05) is 12.8 Å². The molecule has 3 aliphatic rings. The van der Waals surface area contributed by atoms with Gasteiger partial charge in [0.05, 0.1) is 12.3 Å². The quantitative estimate of drug-likeness (QED) is 0.815. The van der Waals surface area contributed by atoms with E-state index in [0.717, 1.165) is 68.2 Å². The van der Waals surface area contributed by atoms with Gasteiger partial charge in [-0.15, -0.1) is 11.3 Å². The molecule has 3 heterocycles. The van der Waals surface area contributed by atoms with Crippen LogP contribution in [0.2, 0.25) is 0 Å². The summed E-state index contributed by atoms with van der Waals surface area (Å²) in [4.78, 5) is 20.5. The van der Waals surface area contributed by atoms with Crippen molar-refractivity contribution in [3.8, 4) is 0 Å². The summed E-state index contributed by atoms with van der Waals surface area (Å²) in [5, 5.41) is 0.958. The zero-order valence-electron chi connectivity index (χ0n) is 14.1. The highest BCUT2D eigenvalue weighted by Gasteiger charge is 2.32. The lowest BCUT2D eigenvalue weighted by Gasteiger charge is -2.30. The van der Waals surface area contributed by atoms with Gasteiger partial charge in [0.25, 0.3) is 5.91 Å². The Morgan fingerprint density at radius 3 is 2.62 bits per heavy atom. The van der Waals surface area contributed by atoms with E-state index in [9.17, 15) is 4.79 Å². The number of thiazole rings is 1. The predicted octanol–water partition coefficient (Wildman–Crippen LogP) is 3.56. The molecule has 0 N–H and O–H groups in total. The maximum Gasteiger partial charge on any atom is 0.265 e. The normalized spacial score (nSPS) is 27.8. The Morgan fingerprint density at radius 1 is 1.12 bits per heavy atom. The topological polar surface area (TPSA) is 51.7 Å². The Hall–Kier alpha value is -0.980. The zero-order chi connectivity index (χ0) is 16.4. The van der Waals surface area contributed by atoms with Crippen LogP contribution in [-0.2, 0) is 9.47 Å². The van der Waals surface area contributed by atoms with Crippen molar-refractivity contribution in [2.24, 2.45) is 0 Å². The molecule has 1 aromatic rings. The molecule has 0 aromatic carbocycles. The Bertz CT molecular complexity index is 558. The minimum absolute atomic E-state index is 0.0923. The van der Waals surface area contributed by atoms with Gasteiger partial charge in [0, 0.05) is 25.8 Å². The molecule has 2 atom stereocenters. The number of nitrogens with zero attached hydrogens (tertiary/aromatic N) is 2. The monoisotopic (exact) mass is 350 g/mol. The summed E-state index contributed by atoms with van der Waals surface area (Å²) < 4.78 is 11.5. The van der Waals surface area contributed by atoms with Crippen LogP contribution in [0.4, 0.5) is 0 Å². The standard InChI is InChI=1S/C18H26N2O3S/c21-18(16-11-19-17(24-16)15-8-4-10-23-15)20(13-5-1-2-6-13)12-14-7-3-9-22-14/h11,13-15H,1-10,12H2. The van der Waals surface area contributed by atoms with Crippen LogP contribution in [0.15, 0.2) is 6.20 Å². The lowest BCUT2D eigenvalue weighted by Crippen LogP contribution is -2.43. The summed E-state index contributed by atoms with van der Waals surface area (Å²) in [5.74, 6) is 0.138. The first-order chi connectivity index (χ1) is 11.8. The zero-order valence-corrected chi connectivity index (χ0v) is 14.9. The van der Waals surface area contributed by atoms with Crippen molar-refractivity contribution in [2.45, 2.75) is 69.6 Å². The van der Waals surface area contributed by atoms with E-state index in [1.54, 1.807) is 6.20 Å². The smallest absolute Gasteiger partial charge is 0.265 e. The molecule has 24 heavy (non-hydrogen) atoms. The van der Waals surface area contributed by atoms with Crippen molar-refractivity contribution in [3.63, 3.8) is 0 Å². The van der Waals surface area contributed by atoms with E-state index in [4.69, 9.17) is 9.47 Å². The highest BCUT2D eigenvalue weighted by Crippen LogP contribution is 2.33. The van der Waals surface area contributed by atoms with Crippen molar-refractivity contribution >= 4 is 17.2 Å². The molecule has 132 valence electrons. The molecular formula is C18H26N2O3S. The average molecular weight is 350 g/mol. The van der Waals surface area contributed by atoms with Crippen molar-refractivity contribution in [1.82, 2.24) is 9.88 Å². The fraction of sp³-hybridized carbons (Fsp3) is 0.778. The molecule has 2 unspecified atom stereocenters. The minimum Gasteiger partial charge on any atom is -0.376 e. The van der Waals surface area contributed by atoms with Gasteiger partial charge < -0.3 is 14.4 Å². The molecule has 1 saturated carbocycles. The van der Waals surface area contributed by atoms with Crippen LogP contribution in [0, 0.1) is 0 Å². The summed E-state index contributed by atoms with van der Waals surface area (Å²) in [7, 11) is 0. The molecule has 2 saturated heterocycles. The summed E-state index contributed by atoms with van der Waals surface area (Å²) in [5.41, 5.74) is 0. The van der Waals surface area contributed by atoms with Crippen molar-refractivity contribution in [1.29, 1.82) is 0 Å². The van der Waals surface area contributed by atoms with Crippen LogP contribution in [0.3, 0.4) is 0 Å². The molecule has 5 nitrogen and oxygen atoms in total. The SMILES string of the molecule is O=C(c1cnc(C2CCCO2)s1)N(CC1CCCO1)C1CCCC1. The Kier molecular flexibility index (Phi) is 5.15. The molecule has 1 aromatic heterocycles. The second-order valence-corrected chi connectivity index (χ2v) is 8.16. The first-order valence-electron chi connectivity index (χ1n) is 9.31. The third-order valence-corrected chi connectivity index (χ3v) is 6.47. The van der Waals surface area contributed by atoms with E-state index < -0.39 is 0 Å². The van der Waals surface area contributed by atoms with Gasteiger partial charge in [-0.05, 0) is 38.5 Å². The highest BCUT2D eigenvalue weighted by molar-refractivity contribution is 7.13. The van der Waals surface area contributed by atoms with Crippen LogP contribution in [0.1, 0.15) is 72.1 Å². The number of carbonyl (C=O) groups excluding carboxylic acids is 1. The van der Waals surface area contributed by atoms with E-state index in [1.807, 2.05) is 0 Å². The highest BCUT2D eigenvalue weighted by atomic mass is 32.1. The third kappa shape index (κ3) is 3.51. The number of hydrogen-bond donors (Lipinski definition) is 0. The lowest BCUT2D eigenvalue weighted by atomic mass is 10.1. The van der Waals surface area contributed by atoms with Crippen molar-refractivity contribution in [2.75, 3.05) is 19.8 Å². The predicted molar refractivity (Wildman–Crippen MR) is 92.3 cm³/mol. The maximum atomic E-state index is 13.1. The molecule has 0 spiro atoms. The molecule has 3 fully saturated rings. The third-order valence-electron chi connectivity index (χ3n) is 5.39. The Labute approximate surface area is 147 Å². The first-order valence-corrected chi connectivity index (χ1v) is 10.1. The van der Waals surface area contributed by atoms with Gasteiger partial charge in [-0.25, -0.2) is 4.98 Å². The molecule has 6 heteroatoms. The number of rotatable bonds is 5. The van der Waals surface area contributed by atoms with E-state index in [1.165, 1.54) is 24.2 Å². The fourth-order valence-corrected chi connectivity index (χ4v) is 5.03. The summed E-state index contributed by atoms with van der Waals surface area (Å²) in [6.45, 7) is 2.37. The number of hydrogen-bond acceptors (Lipinski definition) is 5. The molecule has 1 aliphatic carbocycles. The molecule has 2 aliphatic heterocycles. The van der Waals surface area contributed by atoms with Gasteiger partial charge in [-0.2, -0.15) is 0 Å². The van der Waals surface area contributed by atoms with Gasteiger partial charge >= 0.3 is 0 Å². The lowest BCUT2D eigenvalue weighted by molar-refractivity contribution is 0.0424. The number of aromatic nitrogens is 1. The maximum absolute atomic E-state index is 13.1. The molecule has 0 radical (unpaired) electrons. The van der Waals surface area contributed by atoms with Crippen LogP contribution in [-0.4, -0.2) is 47.7 Å². The summed E-state index contributed by atoms with van der Waals surface area (Å²) in [6, 6.07) is 0.370. The fourth-order valence-electron chi connectivity index (χ4n) is 4.07. The Morgan fingerprint density at radius 2 is 1.92 bits per heavy atom. The minimum atomic E-state index is 0.0923. The largest absolute Gasteiger partial charge is 0.376 e. The van der Waals surface area contributed by atoms with Gasteiger partial charge in [-0.3, -0.25) is 4.79 Å². The molecular weight excluding hydrogens is 324 g/mol. The van der Waals surface area contributed by atoms with E-state index in [-0.39, 0.29) is 18.1 Å². The molecule has 4 rings (SSSR count). The number of ether oxygens (including phenoxy) is 2. The second-order valence-electron chi connectivity index (χ2n) is 7.10. The average Bonchev–Trinajstić information content (AvgIpc) is 3.41. The van der Waals surface area contributed by atoms with E-state index in [2.05, 4.69) is 9.88 Å². The number of amides is 1. The van der Waals surface area contributed by atoms with Crippen LogP contribution >= 0.6 is 11.3 Å².